The van der Waals surface area contributed by atoms with Gasteiger partial charge in [-0.05, 0) is 37.1 Å². The van der Waals surface area contributed by atoms with Crippen LogP contribution in [0.5, 0.6) is 0 Å². The Bertz CT molecular complexity index is 731. The van der Waals surface area contributed by atoms with E-state index in [-0.39, 0.29) is 5.91 Å². The normalized spacial score (nSPS) is 15.3. The molecule has 1 aliphatic heterocycles. The minimum Gasteiger partial charge on any atom is -0.465 e. The van der Waals surface area contributed by atoms with Crippen LogP contribution in [-0.4, -0.2) is 51.7 Å². The molecule has 1 fully saturated rings. The number of rotatable bonds is 3. The zero-order valence-corrected chi connectivity index (χ0v) is 13.8. The summed E-state index contributed by atoms with van der Waals surface area (Å²) in [4.78, 5) is 25.9. The minimum atomic E-state index is -0.404. The quantitative estimate of drug-likeness (QED) is 0.800. The van der Waals surface area contributed by atoms with Crippen molar-refractivity contribution in [1.29, 1.82) is 0 Å². The van der Waals surface area contributed by atoms with E-state index in [9.17, 15) is 9.59 Å². The van der Waals surface area contributed by atoms with Gasteiger partial charge in [0, 0.05) is 31.6 Å². The number of benzene rings is 1. The third kappa shape index (κ3) is 3.15. The average molecular weight is 328 g/mol. The molecule has 1 amide bonds. The van der Waals surface area contributed by atoms with Crippen LogP contribution in [0.25, 0.3) is 0 Å². The molecule has 7 heteroatoms. The average Bonchev–Trinajstić information content (AvgIpc) is 3.06. The Balaban J connectivity index is 1.63. The maximum Gasteiger partial charge on any atom is 0.337 e. The van der Waals surface area contributed by atoms with Crippen LogP contribution >= 0.6 is 0 Å². The first-order valence-electron chi connectivity index (χ1n) is 7.91. The molecular formula is C17H20N4O3. The van der Waals surface area contributed by atoms with Crippen molar-refractivity contribution in [2.24, 2.45) is 7.05 Å². The van der Waals surface area contributed by atoms with E-state index in [0.29, 0.717) is 30.1 Å². The number of likely N-dealkylation sites (tertiary alicyclic amines) is 1. The summed E-state index contributed by atoms with van der Waals surface area (Å²) >= 11 is 0. The Labute approximate surface area is 140 Å². The highest BCUT2D eigenvalue weighted by atomic mass is 16.5. The highest BCUT2D eigenvalue weighted by molar-refractivity contribution is 5.96. The van der Waals surface area contributed by atoms with Gasteiger partial charge in [0.25, 0.3) is 5.91 Å². The van der Waals surface area contributed by atoms with Gasteiger partial charge in [-0.3, -0.25) is 4.79 Å². The fraction of sp³-hybridized carbons (Fsp3) is 0.412. The Morgan fingerprint density at radius 1 is 1.12 bits per heavy atom. The van der Waals surface area contributed by atoms with Crippen LogP contribution in [-0.2, 0) is 11.8 Å². The molecule has 0 atom stereocenters. The molecule has 0 bridgehead atoms. The van der Waals surface area contributed by atoms with Crippen LogP contribution in [0.4, 0.5) is 0 Å². The molecule has 0 saturated carbocycles. The number of hydrogen-bond acceptors (Lipinski definition) is 5. The fourth-order valence-corrected chi connectivity index (χ4v) is 3.05. The molecule has 7 nitrogen and oxygen atoms in total. The molecule has 1 saturated heterocycles. The minimum absolute atomic E-state index is 0.0113. The number of carbonyl (C=O) groups is 2. The summed E-state index contributed by atoms with van der Waals surface area (Å²) in [6.07, 6.45) is 3.45. The van der Waals surface area contributed by atoms with E-state index in [1.807, 2.05) is 16.5 Å². The van der Waals surface area contributed by atoms with Crippen LogP contribution in [0.2, 0.25) is 0 Å². The van der Waals surface area contributed by atoms with Crippen LogP contribution in [0.3, 0.4) is 0 Å². The molecular weight excluding hydrogens is 308 g/mol. The number of aromatic nitrogens is 3. The maximum atomic E-state index is 12.6. The number of ether oxygens (including phenoxy) is 1. The molecule has 0 radical (unpaired) electrons. The van der Waals surface area contributed by atoms with Gasteiger partial charge in [-0.1, -0.05) is 0 Å². The fourth-order valence-electron chi connectivity index (χ4n) is 3.05. The van der Waals surface area contributed by atoms with Crippen molar-refractivity contribution in [3.8, 4) is 0 Å². The van der Waals surface area contributed by atoms with Crippen molar-refractivity contribution in [1.82, 2.24) is 19.7 Å². The predicted molar refractivity (Wildman–Crippen MR) is 86.7 cm³/mol. The largest absolute Gasteiger partial charge is 0.465 e. The van der Waals surface area contributed by atoms with Gasteiger partial charge in [-0.15, -0.1) is 10.2 Å². The van der Waals surface area contributed by atoms with Gasteiger partial charge in [-0.25, -0.2) is 4.79 Å². The van der Waals surface area contributed by atoms with Crippen molar-refractivity contribution in [3.05, 3.63) is 47.5 Å². The van der Waals surface area contributed by atoms with E-state index in [1.165, 1.54) is 7.11 Å². The number of amides is 1. The topological polar surface area (TPSA) is 77.3 Å². The summed E-state index contributed by atoms with van der Waals surface area (Å²) in [6.45, 7) is 1.38. The first-order valence-corrected chi connectivity index (χ1v) is 7.91. The maximum absolute atomic E-state index is 12.6. The highest BCUT2D eigenvalue weighted by Gasteiger charge is 2.27. The smallest absolute Gasteiger partial charge is 0.337 e. The lowest BCUT2D eigenvalue weighted by atomic mass is 9.95. The van der Waals surface area contributed by atoms with Gasteiger partial charge in [-0.2, -0.15) is 0 Å². The Morgan fingerprint density at radius 2 is 1.75 bits per heavy atom. The summed E-state index contributed by atoms with van der Waals surface area (Å²) in [5.74, 6) is 0.897. The first-order chi connectivity index (χ1) is 11.6. The van der Waals surface area contributed by atoms with E-state index >= 15 is 0 Å². The lowest BCUT2D eigenvalue weighted by Crippen LogP contribution is -2.38. The van der Waals surface area contributed by atoms with Crippen LogP contribution in [0, 0.1) is 0 Å². The van der Waals surface area contributed by atoms with E-state index in [0.717, 1.165) is 18.7 Å². The second kappa shape index (κ2) is 6.82. The molecule has 2 aromatic rings. The Morgan fingerprint density at radius 3 is 2.29 bits per heavy atom. The molecule has 24 heavy (non-hydrogen) atoms. The van der Waals surface area contributed by atoms with Gasteiger partial charge >= 0.3 is 5.97 Å². The van der Waals surface area contributed by atoms with Crippen LogP contribution < -0.4 is 0 Å². The first kappa shape index (κ1) is 16.2. The third-order valence-electron chi connectivity index (χ3n) is 4.45. The highest BCUT2D eigenvalue weighted by Crippen LogP contribution is 2.26. The molecule has 126 valence electrons. The van der Waals surface area contributed by atoms with Gasteiger partial charge < -0.3 is 14.2 Å². The Kier molecular flexibility index (Phi) is 4.59. The summed E-state index contributed by atoms with van der Waals surface area (Å²) < 4.78 is 6.60. The van der Waals surface area contributed by atoms with E-state index in [4.69, 9.17) is 0 Å². The molecule has 1 aliphatic rings. The monoisotopic (exact) mass is 328 g/mol. The summed E-state index contributed by atoms with van der Waals surface area (Å²) in [6, 6.07) is 6.57. The molecule has 1 aromatic heterocycles. The summed E-state index contributed by atoms with van der Waals surface area (Å²) in [5.41, 5.74) is 1.02. The lowest BCUT2D eigenvalue weighted by molar-refractivity contribution is 0.0599. The SMILES string of the molecule is COC(=O)c1ccc(C(=O)N2CCC(c3nncn3C)CC2)cc1. The summed E-state index contributed by atoms with van der Waals surface area (Å²) in [7, 11) is 3.28. The van der Waals surface area contributed by atoms with Crippen molar-refractivity contribution in [2.75, 3.05) is 20.2 Å². The zero-order chi connectivity index (χ0) is 17.1. The molecule has 0 N–H and O–H groups in total. The van der Waals surface area contributed by atoms with Crippen molar-refractivity contribution in [3.63, 3.8) is 0 Å². The van der Waals surface area contributed by atoms with E-state index < -0.39 is 5.97 Å². The third-order valence-corrected chi connectivity index (χ3v) is 4.45. The number of piperidine rings is 1. The number of nitrogens with zero attached hydrogens (tertiary/aromatic N) is 4. The molecule has 0 aliphatic carbocycles. The van der Waals surface area contributed by atoms with Gasteiger partial charge in [0.1, 0.15) is 12.2 Å². The number of esters is 1. The molecule has 0 unspecified atom stereocenters. The number of aryl methyl sites for hydroxylation is 1. The van der Waals surface area contributed by atoms with Crippen LogP contribution in [0.15, 0.2) is 30.6 Å². The zero-order valence-electron chi connectivity index (χ0n) is 13.8. The predicted octanol–water partition coefficient (Wildman–Crippen LogP) is 1.62. The van der Waals surface area contributed by atoms with Gasteiger partial charge in [0.15, 0.2) is 0 Å². The van der Waals surface area contributed by atoms with Gasteiger partial charge in [0.05, 0.1) is 12.7 Å². The molecule has 2 heterocycles. The number of carbonyl (C=O) groups excluding carboxylic acids is 2. The van der Waals surface area contributed by atoms with Crippen molar-refractivity contribution >= 4 is 11.9 Å². The molecule has 1 aromatic carbocycles. The lowest BCUT2D eigenvalue weighted by Gasteiger charge is -2.31. The van der Waals surface area contributed by atoms with Crippen molar-refractivity contribution in [2.45, 2.75) is 18.8 Å². The number of methoxy groups -OCH3 is 1. The van der Waals surface area contributed by atoms with Gasteiger partial charge in [0.2, 0.25) is 0 Å². The van der Waals surface area contributed by atoms with Crippen molar-refractivity contribution < 1.29 is 14.3 Å². The van der Waals surface area contributed by atoms with E-state index in [2.05, 4.69) is 14.9 Å². The van der Waals surface area contributed by atoms with Crippen LogP contribution in [0.1, 0.15) is 45.3 Å². The number of hydrogen-bond donors (Lipinski definition) is 0. The molecule has 3 rings (SSSR count). The standard InChI is InChI=1S/C17H20N4O3/c1-20-11-18-19-15(20)12-7-9-21(10-8-12)16(22)13-3-5-14(6-4-13)17(23)24-2/h3-6,11-12H,7-10H2,1-2H3. The second-order valence-corrected chi connectivity index (χ2v) is 5.94. The molecule has 0 spiro atoms. The summed E-state index contributed by atoms with van der Waals surface area (Å²) in [5, 5.41) is 8.09. The second-order valence-electron chi connectivity index (χ2n) is 5.94. The Hall–Kier alpha value is -2.70. The van der Waals surface area contributed by atoms with E-state index in [1.54, 1.807) is 30.6 Å².